The Morgan fingerprint density at radius 3 is 2.38 bits per heavy atom. The summed E-state index contributed by atoms with van der Waals surface area (Å²) < 4.78 is 0. The van der Waals surface area contributed by atoms with Crippen LogP contribution in [0.4, 0.5) is 0 Å². The van der Waals surface area contributed by atoms with E-state index in [1.165, 1.54) is 6.21 Å². The molecule has 8 heavy (non-hydrogen) atoms. The number of nitrogens with two attached hydrogens (primary N) is 1. The van der Waals surface area contributed by atoms with Crippen LogP contribution in [-0.4, -0.2) is 11.9 Å². The Morgan fingerprint density at radius 1 is 1.75 bits per heavy atom. The normalized spacial score (nSPS) is 10.9. The van der Waals surface area contributed by atoms with Crippen LogP contribution < -0.4 is 5.84 Å². The quantitative estimate of drug-likeness (QED) is 0.307. The monoisotopic (exact) mass is 113 g/mol. The maximum absolute atomic E-state index is 7.11. The van der Waals surface area contributed by atoms with E-state index >= 15 is 0 Å². The molecule has 3 nitrogen and oxygen atoms in total. The van der Waals surface area contributed by atoms with E-state index in [1.54, 1.807) is 0 Å². The maximum Gasteiger partial charge on any atom is 0.0676 e. The van der Waals surface area contributed by atoms with Gasteiger partial charge in [-0.25, -0.2) is 0 Å². The summed E-state index contributed by atoms with van der Waals surface area (Å²) in [5, 5.41) is 10.3. The number of nitrogens with zero attached hydrogens (tertiary/aromatic N) is 1. The number of nitrogens with one attached hydrogen (secondary N) is 1. The second-order valence-corrected chi connectivity index (χ2v) is 1.89. The first-order chi connectivity index (χ1) is 3.68. The number of rotatable bonds is 2. The van der Waals surface area contributed by atoms with Gasteiger partial charge < -0.3 is 11.3 Å². The van der Waals surface area contributed by atoms with Gasteiger partial charge in [-0.2, -0.15) is 5.10 Å². The first kappa shape index (κ1) is 7.14. The molecule has 46 valence electrons. The third kappa shape index (κ3) is 2.34. The van der Waals surface area contributed by atoms with Crippen molar-refractivity contribution in [2.75, 3.05) is 0 Å². The lowest BCUT2D eigenvalue weighted by atomic mass is 10.1. The molecule has 3 heteroatoms. The highest BCUT2D eigenvalue weighted by molar-refractivity contribution is 6.29. The summed E-state index contributed by atoms with van der Waals surface area (Å²) in [4.78, 5) is 0. The van der Waals surface area contributed by atoms with Crippen LogP contribution in [0.1, 0.15) is 13.8 Å². The molecule has 0 aliphatic carbocycles. The number of hydrogen-bond acceptors (Lipinski definition) is 3. The highest BCUT2D eigenvalue weighted by atomic mass is 15.1. The lowest BCUT2D eigenvalue weighted by molar-refractivity contribution is 0.889. The molecule has 0 rings (SSSR count). The Hall–Kier alpha value is -0.860. The predicted octanol–water partition coefficient (Wildman–Crippen LogP) is 0.607. The highest BCUT2D eigenvalue weighted by Crippen LogP contribution is 1.89. The molecule has 0 aliphatic heterocycles. The van der Waals surface area contributed by atoms with Gasteiger partial charge in [-0.15, -0.1) is 0 Å². The van der Waals surface area contributed by atoms with Crippen LogP contribution >= 0.6 is 0 Å². The molecule has 0 radical (unpaired) electrons. The van der Waals surface area contributed by atoms with Gasteiger partial charge in [-0.1, -0.05) is 13.8 Å². The van der Waals surface area contributed by atoms with Crippen molar-refractivity contribution in [3.8, 4) is 0 Å². The van der Waals surface area contributed by atoms with Gasteiger partial charge in [-0.3, -0.25) is 0 Å². The van der Waals surface area contributed by atoms with Crippen molar-refractivity contribution in [3.63, 3.8) is 0 Å². The van der Waals surface area contributed by atoms with Gasteiger partial charge in [0.05, 0.1) is 11.9 Å². The second kappa shape index (κ2) is 3.18. The summed E-state index contributed by atoms with van der Waals surface area (Å²) in [5.41, 5.74) is 0.465. The fourth-order valence-corrected chi connectivity index (χ4v) is 0.229. The average molecular weight is 113 g/mol. The largest absolute Gasteiger partial charge is 0.323 e. The summed E-state index contributed by atoms with van der Waals surface area (Å²) in [6, 6.07) is 0. The standard InChI is InChI=1S/C5H11N3/c1-4(2)5(6)3-8-7/h3-4,6H,7H2,1-2H3/b6-5?,8-3-. The second-order valence-electron chi connectivity index (χ2n) is 1.89. The van der Waals surface area contributed by atoms with E-state index in [0.29, 0.717) is 5.71 Å². The van der Waals surface area contributed by atoms with Gasteiger partial charge >= 0.3 is 0 Å². The smallest absolute Gasteiger partial charge is 0.0676 e. The van der Waals surface area contributed by atoms with Gasteiger partial charge in [0.15, 0.2) is 0 Å². The van der Waals surface area contributed by atoms with Gasteiger partial charge in [0.1, 0.15) is 0 Å². The summed E-state index contributed by atoms with van der Waals surface area (Å²) in [5.74, 6) is 5.02. The van der Waals surface area contributed by atoms with Gasteiger partial charge in [-0.05, 0) is 5.92 Å². The highest BCUT2D eigenvalue weighted by Gasteiger charge is 1.95. The zero-order chi connectivity index (χ0) is 6.57. The zero-order valence-corrected chi connectivity index (χ0v) is 5.18. The van der Waals surface area contributed by atoms with E-state index in [4.69, 9.17) is 11.3 Å². The fourth-order valence-electron chi connectivity index (χ4n) is 0.229. The Morgan fingerprint density at radius 2 is 2.25 bits per heavy atom. The molecule has 0 saturated heterocycles. The summed E-state index contributed by atoms with van der Waals surface area (Å²) in [6.45, 7) is 3.84. The molecule has 0 bridgehead atoms. The van der Waals surface area contributed by atoms with Crippen molar-refractivity contribution in [2.45, 2.75) is 13.8 Å². The van der Waals surface area contributed by atoms with Crippen molar-refractivity contribution >= 4 is 11.9 Å². The molecule has 0 aromatic rings. The molecule has 0 heterocycles. The van der Waals surface area contributed by atoms with Crippen LogP contribution in [0.2, 0.25) is 0 Å². The van der Waals surface area contributed by atoms with E-state index < -0.39 is 0 Å². The maximum atomic E-state index is 7.11. The van der Waals surface area contributed by atoms with Crippen LogP contribution in [0.3, 0.4) is 0 Å². The molecule has 0 aliphatic rings. The van der Waals surface area contributed by atoms with Crippen molar-refractivity contribution in [2.24, 2.45) is 16.9 Å². The average Bonchev–Trinajstić information content (AvgIpc) is 1.67. The fraction of sp³-hybridized carbons (Fsp3) is 0.600. The molecule has 0 aromatic carbocycles. The lowest BCUT2D eigenvalue weighted by Crippen LogP contribution is -2.07. The molecule has 0 unspecified atom stereocenters. The third-order valence-corrected chi connectivity index (χ3v) is 0.836. The SMILES string of the molecule is CC(C)C(=N)/C=N\N. The summed E-state index contributed by atoms with van der Waals surface area (Å²) >= 11 is 0. The molecule has 0 atom stereocenters. The Labute approximate surface area is 49.1 Å². The molecule has 3 N–H and O–H groups in total. The van der Waals surface area contributed by atoms with Crippen LogP contribution in [0.25, 0.3) is 0 Å². The third-order valence-electron chi connectivity index (χ3n) is 0.836. The van der Waals surface area contributed by atoms with Gasteiger partial charge in [0.25, 0.3) is 0 Å². The Balaban J connectivity index is 3.66. The van der Waals surface area contributed by atoms with Crippen LogP contribution in [0.5, 0.6) is 0 Å². The van der Waals surface area contributed by atoms with Crippen molar-refractivity contribution < 1.29 is 0 Å². The van der Waals surface area contributed by atoms with Crippen molar-refractivity contribution in [1.29, 1.82) is 5.41 Å². The Kier molecular flexibility index (Phi) is 2.84. The summed E-state index contributed by atoms with van der Waals surface area (Å²) in [6.07, 6.45) is 1.35. The molecular formula is C5H11N3. The van der Waals surface area contributed by atoms with E-state index in [2.05, 4.69) is 5.10 Å². The topological polar surface area (TPSA) is 62.2 Å². The lowest BCUT2D eigenvalue weighted by Gasteiger charge is -1.96. The van der Waals surface area contributed by atoms with E-state index in [0.717, 1.165) is 0 Å². The van der Waals surface area contributed by atoms with E-state index in [-0.39, 0.29) is 5.92 Å². The van der Waals surface area contributed by atoms with Crippen LogP contribution in [0.15, 0.2) is 5.10 Å². The minimum Gasteiger partial charge on any atom is -0.323 e. The van der Waals surface area contributed by atoms with Crippen LogP contribution in [0, 0.1) is 11.3 Å². The molecule has 0 fully saturated rings. The van der Waals surface area contributed by atoms with Gasteiger partial charge in [0.2, 0.25) is 0 Å². The van der Waals surface area contributed by atoms with Crippen molar-refractivity contribution in [1.82, 2.24) is 0 Å². The van der Waals surface area contributed by atoms with E-state index in [9.17, 15) is 0 Å². The zero-order valence-electron chi connectivity index (χ0n) is 5.18. The Bertz CT molecular complexity index is 104. The van der Waals surface area contributed by atoms with E-state index in [1.807, 2.05) is 13.8 Å². The first-order valence-electron chi connectivity index (χ1n) is 2.50. The minimum atomic E-state index is 0.224. The molecule has 0 aromatic heterocycles. The number of hydrogen-bond donors (Lipinski definition) is 2. The molecular weight excluding hydrogens is 102 g/mol. The molecule has 0 saturated carbocycles. The molecule has 0 spiro atoms. The van der Waals surface area contributed by atoms with Gasteiger partial charge in [0, 0.05) is 0 Å². The molecule has 0 amide bonds. The van der Waals surface area contributed by atoms with Crippen molar-refractivity contribution in [3.05, 3.63) is 0 Å². The minimum absolute atomic E-state index is 0.224. The first-order valence-corrected chi connectivity index (χ1v) is 2.50. The predicted molar refractivity (Wildman–Crippen MR) is 35.2 cm³/mol. The van der Waals surface area contributed by atoms with Crippen LogP contribution in [-0.2, 0) is 0 Å². The summed E-state index contributed by atoms with van der Waals surface area (Å²) in [7, 11) is 0. The number of hydrazone groups is 1.